The summed E-state index contributed by atoms with van der Waals surface area (Å²) in [5, 5.41) is 4.01. The molecule has 0 aliphatic rings. The average Bonchev–Trinajstić information content (AvgIpc) is 2.66. The van der Waals surface area contributed by atoms with E-state index < -0.39 is 11.6 Å². The maximum absolute atomic E-state index is 13.3. The monoisotopic (exact) mass is 364 g/mol. The van der Waals surface area contributed by atoms with Crippen molar-refractivity contribution in [3.8, 4) is 5.75 Å². The first-order valence-corrected chi connectivity index (χ1v) is 8.18. The van der Waals surface area contributed by atoms with E-state index in [1.807, 2.05) is 24.3 Å². The van der Waals surface area contributed by atoms with Gasteiger partial charge in [-0.1, -0.05) is 6.07 Å². The Morgan fingerprint density at radius 2 is 1.74 bits per heavy atom. The van der Waals surface area contributed by atoms with E-state index in [9.17, 15) is 8.78 Å². The summed E-state index contributed by atoms with van der Waals surface area (Å²) in [4.78, 5) is 12.6. The van der Waals surface area contributed by atoms with Crippen molar-refractivity contribution in [1.29, 1.82) is 0 Å². The van der Waals surface area contributed by atoms with Crippen molar-refractivity contribution in [2.45, 2.75) is 6.61 Å². The topological polar surface area (TPSA) is 59.9 Å². The van der Waals surface area contributed by atoms with Gasteiger partial charge in [0.25, 0.3) is 0 Å². The van der Waals surface area contributed by atoms with Gasteiger partial charge in [-0.25, -0.2) is 23.7 Å². The van der Waals surface area contributed by atoms with Gasteiger partial charge in [0.2, 0.25) is 0 Å². The largest absolute Gasteiger partial charge is 0.489 e. The molecule has 0 spiro atoms. The van der Waals surface area contributed by atoms with Crippen molar-refractivity contribution >= 4 is 22.5 Å². The number of ether oxygens (including phenoxy) is 1. The van der Waals surface area contributed by atoms with Crippen LogP contribution in [0.15, 0.2) is 67.1 Å². The minimum Gasteiger partial charge on any atom is -0.489 e. The van der Waals surface area contributed by atoms with Gasteiger partial charge in [0, 0.05) is 24.0 Å². The zero-order chi connectivity index (χ0) is 18.6. The maximum Gasteiger partial charge on any atom is 0.164 e. The summed E-state index contributed by atoms with van der Waals surface area (Å²) in [6.45, 7) is 0.0541. The van der Waals surface area contributed by atoms with Gasteiger partial charge in [-0.05, 0) is 42.0 Å². The lowest BCUT2D eigenvalue weighted by Gasteiger charge is -2.11. The predicted octanol–water partition coefficient (Wildman–Crippen LogP) is 4.63. The third-order valence-electron chi connectivity index (χ3n) is 3.83. The van der Waals surface area contributed by atoms with Crippen LogP contribution < -0.4 is 10.1 Å². The second kappa shape index (κ2) is 7.33. The van der Waals surface area contributed by atoms with Crippen LogP contribution in [0.4, 0.5) is 20.3 Å². The van der Waals surface area contributed by atoms with Crippen LogP contribution in [-0.4, -0.2) is 15.0 Å². The molecule has 7 heteroatoms. The number of pyridine rings is 1. The number of rotatable bonds is 5. The summed E-state index contributed by atoms with van der Waals surface area (Å²) in [5.74, 6) is -0.0832. The fourth-order valence-electron chi connectivity index (χ4n) is 2.66. The summed E-state index contributed by atoms with van der Waals surface area (Å²) >= 11 is 0. The second-order valence-corrected chi connectivity index (χ2v) is 5.82. The molecule has 2 aromatic heterocycles. The number of anilines is 2. The predicted molar refractivity (Wildman–Crippen MR) is 97.7 cm³/mol. The van der Waals surface area contributed by atoms with Crippen LogP contribution in [-0.2, 0) is 6.61 Å². The van der Waals surface area contributed by atoms with E-state index in [0.29, 0.717) is 22.8 Å². The molecule has 27 heavy (non-hydrogen) atoms. The molecule has 0 bridgehead atoms. The Morgan fingerprint density at radius 3 is 2.59 bits per heavy atom. The Balaban J connectivity index is 1.52. The maximum atomic E-state index is 13.3. The highest BCUT2D eigenvalue weighted by Crippen LogP contribution is 2.25. The number of nitrogens with zero attached hydrogens (tertiary/aromatic N) is 3. The SMILES string of the molecule is Fc1cc(F)cc(COc2cccc(Nc3ncnc4ncccc34)c2)c1. The summed E-state index contributed by atoms with van der Waals surface area (Å²) < 4.78 is 32.2. The molecule has 4 rings (SSSR count). The molecule has 0 aliphatic carbocycles. The fourth-order valence-corrected chi connectivity index (χ4v) is 2.66. The van der Waals surface area contributed by atoms with Gasteiger partial charge in [0.05, 0.1) is 5.39 Å². The number of nitrogens with one attached hydrogen (secondary N) is 1. The number of halogens is 2. The van der Waals surface area contributed by atoms with E-state index in [1.165, 1.54) is 18.5 Å². The lowest BCUT2D eigenvalue weighted by Crippen LogP contribution is -1.99. The van der Waals surface area contributed by atoms with Gasteiger partial charge < -0.3 is 10.1 Å². The number of hydrogen-bond acceptors (Lipinski definition) is 5. The molecule has 4 aromatic rings. The lowest BCUT2D eigenvalue weighted by atomic mass is 10.2. The van der Waals surface area contributed by atoms with Crippen LogP contribution >= 0.6 is 0 Å². The molecule has 0 saturated carbocycles. The average molecular weight is 364 g/mol. The molecule has 0 aliphatic heterocycles. The van der Waals surface area contributed by atoms with Crippen LogP contribution in [0, 0.1) is 11.6 Å². The van der Waals surface area contributed by atoms with E-state index in [-0.39, 0.29) is 6.61 Å². The zero-order valence-electron chi connectivity index (χ0n) is 14.1. The third kappa shape index (κ3) is 3.98. The number of aromatic nitrogens is 3. The van der Waals surface area contributed by atoms with E-state index in [1.54, 1.807) is 18.3 Å². The van der Waals surface area contributed by atoms with Crippen LogP contribution in [0.1, 0.15) is 5.56 Å². The van der Waals surface area contributed by atoms with Crippen molar-refractivity contribution in [2.24, 2.45) is 0 Å². The Morgan fingerprint density at radius 1 is 0.889 bits per heavy atom. The van der Waals surface area contributed by atoms with Gasteiger partial charge in [0.1, 0.15) is 36.1 Å². The van der Waals surface area contributed by atoms with Crippen molar-refractivity contribution in [1.82, 2.24) is 15.0 Å². The first-order valence-electron chi connectivity index (χ1n) is 8.18. The van der Waals surface area contributed by atoms with Gasteiger partial charge in [-0.3, -0.25) is 0 Å². The third-order valence-corrected chi connectivity index (χ3v) is 3.83. The first kappa shape index (κ1) is 16.8. The molecule has 1 N–H and O–H groups in total. The van der Waals surface area contributed by atoms with Crippen molar-refractivity contribution in [2.75, 3.05) is 5.32 Å². The molecular weight excluding hydrogens is 350 g/mol. The summed E-state index contributed by atoms with van der Waals surface area (Å²) in [6, 6.07) is 14.2. The molecule has 0 atom stereocenters. The number of benzene rings is 2. The van der Waals surface area contributed by atoms with Gasteiger partial charge >= 0.3 is 0 Å². The summed E-state index contributed by atoms with van der Waals surface area (Å²) in [5.41, 5.74) is 1.76. The Kier molecular flexibility index (Phi) is 4.57. The highest BCUT2D eigenvalue weighted by atomic mass is 19.1. The van der Waals surface area contributed by atoms with Crippen LogP contribution in [0.25, 0.3) is 11.0 Å². The molecular formula is C20H14F2N4O. The molecule has 0 unspecified atom stereocenters. The van der Waals surface area contributed by atoms with Crippen LogP contribution in [0.5, 0.6) is 5.75 Å². The Bertz CT molecular complexity index is 1080. The zero-order valence-corrected chi connectivity index (χ0v) is 14.1. The van der Waals surface area contributed by atoms with Gasteiger partial charge in [0.15, 0.2) is 5.65 Å². The van der Waals surface area contributed by atoms with Crippen molar-refractivity contribution in [3.63, 3.8) is 0 Å². The van der Waals surface area contributed by atoms with E-state index in [4.69, 9.17) is 4.74 Å². The van der Waals surface area contributed by atoms with Crippen molar-refractivity contribution < 1.29 is 13.5 Å². The van der Waals surface area contributed by atoms with E-state index >= 15 is 0 Å². The highest BCUT2D eigenvalue weighted by molar-refractivity contribution is 5.88. The fraction of sp³-hybridized carbons (Fsp3) is 0.0500. The molecule has 0 radical (unpaired) electrons. The molecule has 2 heterocycles. The van der Waals surface area contributed by atoms with E-state index in [0.717, 1.165) is 17.1 Å². The summed E-state index contributed by atoms with van der Waals surface area (Å²) in [6.07, 6.45) is 3.11. The van der Waals surface area contributed by atoms with Crippen LogP contribution in [0.2, 0.25) is 0 Å². The Labute approximate surface area is 153 Å². The van der Waals surface area contributed by atoms with E-state index in [2.05, 4.69) is 20.3 Å². The van der Waals surface area contributed by atoms with Gasteiger partial charge in [-0.15, -0.1) is 0 Å². The van der Waals surface area contributed by atoms with Crippen LogP contribution in [0.3, 0.4) is 0 Å². The summed E-state index contributed by atoms with van der Waals surface area (Å²) in [7, 11) is 0. The molecule has 0 amide bonds. The minimum atomic E-state index is -0.631. The smallest absolute Gasteiger partial charge is 0.164 e. The van der Waals surface area contributed by atoms with Gasteiger partial charge in [-0.2, -0.15) is 0 Å². The number of hydrogen-bond donors (Lipinski definition) is 1. The quantitative estimate of drug-likeness (QED) is 0.560. The highest BCUT2D eigenvalue weighted by Gasteiger charge is 2.06. The second-order valence-electron chi connectivity index (χ2n) is 5.82. The van der Waals surface area contributed by atoms with Crippen molar-refractivity contribution in [3.05, 3.63) is 84.3 Å². The normalized spacial score (nSPS) is 10.7. The molecule has 0 fully saturated rings. The molecule has 5 nitrogen and oxygen atoms in total. The number of fused-ring (bicyclic) bond motifs is 1. The standard InChI is InChI=1S/C20H14F2N4O/c21-14-7-13(8-15(22)9-14)11-27-17-4-1-3-16(10-17)26-20-18-5-2-6-23-19(18)24-12-25-20/h1-10,12H,11H2,(H,23,24,25,26). The minimum absolute atomic E-state index is 0.0541. The first-order chi connectivity index (χ1) is 13.2. The lowest BCUT2D eigenvalue weighted by molar-refractivity contribution is 0.305. The molecule has 134 valence electrons. The molecule has 0 saturated heterocycles. The molecule has 2 aromatic carbocycles. The Hall–Kier alpha value is -3.61.